The molecule has 0 amide bonds. The van der Waals surface area contributed by atoms with Gasteiger partial charge >= 0.3 is 0 Å². The third-order valence-corrected chi connectivity index (χ3v) is 10.1. The molecule has 4 saturated carbocycles. The Morgan fingerprint density at radius 3 is 2.66 bits per heavy atom. The van der Waals surface area contributed by atoms with Crippen LogP contribution in [0.25, 0.3) is 0 Å². The number of hydrogen-bond acceptors (Lipinski definition) is 4. The Balaban J connectivity index is 1.36. The van der Waals surface area contributed by atoms with Gasteiger partial charge in [0.2, 0.25) is 0 Å². The fraction of sp³-hybridized carbons (Fsp3) is 0.960. The Morgan fingerprint density at radius 2 is 1.83 bits per heavy atom. The summed E-state index contributed by atoms with van der Waals surface area (Å²) in [4.78, 5) is 5.28. The summed E-state index contributed by atoms with van der Waals surface area (Å²) in [5, 5.41) is 14.3. The van der Waals surface area contributed by atoms with E-state index >= 15 is 0 Å². The minimum Gasteiger partial charge on any atom is -0.396 e. The molecule has 0 aromatic carbocycles. The van der Waals surface area contributed by atoms with Crippen molar-refractivity contribution in [2.24, 2.45) is 51.3 Å². The molecule has 4 fully saturated rings. The summed E-state index contributed by atoms with van der Waals surface area (Å²) in [6, 6.07) is 0. The zero-order chi connectivity index (χ0) is 20.5. The Morgan fingerprint density at radius 1 is 1.03 bits per heavy atom. The number of fused-ring (bicyclic) bond motifs is 5. The number of oxime groups is 1. The van der Waals surface area contributed by atoms with Crippen molar-refractivity contribution in [3.63, 3.8) is 0 Å². The normalized spacial score (nSPS) is 46.9. The third kappa shape index (κ3) is 4.01. The lowest BCUT2D eigenvalue weighted by Gasteiger charge is -2.61. The third-order valence-electron chi connectivity index (χ3n) is 10.1. The van der Waals surface area contributed by atoms with Crippen LogP contribution in [0.4, 0.5) is 0 Å². The highest BCUT2D eigenvalue weighted by Gasteiger charge is 2.59. The Bertz CT molecular complexity index is 581. The molecule has 3 unspecified atom stereocenters. The van der Waals surface area contributed by atoms with Crippen LogP contribution in [-0.4, -0.2) is 30.6 Å². The molecule has 0 heterocycles. The van der Waals surface area contributed by atoms with Crippen LogP contribution in [-0.2, 0) is 4.84 Å². The Hall–Kier alpha value is -0.610. The second-order valence-corrected chi connectivity index (χ2v) is 11.2. The van der Waals surface area contributed by atoms with Crippen LogP contribution in [0.1, 0.15) is 90.9 Å². The molecule has 4 nitrogen and oxygen atoms in total. The van der Waals surface area contributed by atoms with Crippen molar-refractivity contribution in [2.45, 2.75) is 97.0 Å². The second-order valence-electron chi connectivity index (χ2n) is 11.2. The van der Waals surface area contributed by atoms with Crippen LogP contribution in [0, 0.1) is 40.4 Å². The van der Waals surface area contributed by atoms with Crippen LogP contribution in [0.3, 0.4) is 0 Å². The fourth-order valence-corrected chi connectivity index (χ4v) is 8.40. The van der Waals surface area contributed by atoms with E-state index in [-0.39, 0.29) is 6.10 Å². The standard InChI is InChI=1S/C25H44N2O2/c1-24-13-11-23-21(8-6-19-17-20(28)10-12-25(19,23)2)22(24)9-7-18(24)5-3-15-27-29-16-4-14-26/h15,18-23,28H,3-14,16-17,26H2,1-2H3/b27-15+/t18?,19?,20?,21-,22-,23+,24+,25-/m0/s1. The van der Waals surface area contributed by atoms with E-state index < -0.39 is 0 Å². The quantitative estimate of drug-likeness (QED) is 0.351. The van der Waals surface area contributed by atoms with Crippen LogP contribution >= 0.6 is 0 Å². The molecular weight excluding hydrogens is 360 g/mol. The van der Waals surface area contributed by atoms with E-state index in [1.54, 1.807) is 0 Å². The van der Waals surface area contributed by atoms with E-state index in [1.807, 2.05) is 6.21 Å². The molecule has 4 rings (SSSR count). The highest BCUT2D eigenvalue weighted by Crippen LogP contribution is 2.67. The summed E-state index contributed by atoms with van der Waals surface area (Å²) < 4.78 is 0. The lowest BCUT2D eigenvalue weighted by molar-refractivity contribution is -0.126. The minimum absolute atomic E-state index is 0.0321. The number of nitrogens with two attached hydrogens (primary N) is 1. The number of hydrogen-bond donors (Lipinski definition) is 2. The molecule has 0 spiro atoms. The summed E-state index contributed by atoms with van der Waals surface area (Å²) in [7, 11) is 0. The van der Waals surface area contributed by atoms with Crippen LogP contribution in [0.15, 0.2) is 5.16 Å². The Kier molecular flexibility index (Phi) is 6.61. The first-order chi connectivity index (χ1) is 14.0. The average molecular weight is 405 g/mol. The molecule has 8 atom stereocenters. The van der Waals surface area contributed by atoms with E-state index in [1.165, 1.54) is 51.4 Å². The van der Waals surface area contributed by atoms with Crippen LogP contribution in [0.5, 0.6) is 0 Å². The zero-order valence-electron chi connectivity index (χ0n) is 18.8. The van der Waals surface area contributed by atoms with Gasteiger partial charge in [0.1, 0.15) is 6.61 Å². The molecule has 0 aromatic rings. The predicted molar refractivity (Wildman–Crippen MR) is 119 cm³/mol. The molecule has 4 heteroatoms. The zero-order valence-corrected chi connectivity index (χ0v) is 18.8. The lowest BCUT2D eigenvalue weighted by atomic mass is 9.44. The van der Waals surface area contributed by atoms with Crippen molar-refractivity contribution in [1.29, 1.82) is 0 Å². The van der Waals surface area contributed by atoms with Crippen molar-refractivity contribution in [1.82, 2.24) is 0 Å². The molecule has 0 radical (unpaired) electrons. The number of aliphatic hydroxyl groups excluding tert-OH is 1. The van der Waals surface area contributed by atoms with Gasteiger partial charge in [0.15, 0.2) is 0 Å². The van der Waals surface area contributed by atoms with Gasteiger partial charge in [0.25, 0.3) is 0 Å². The van der Waals surface area contributed by atoms with Gasteiger partial charge in [-0.05, 0) is 124 Å². The topological polar surface area (TPSA) is 67.8 Å². The molecule has 0 aliphatic heterocycles. The largest absolute Gasteiger partial charge is 0.396 e. The number of aliphatic hydroxyl groups is 1. The van der Waals surface area contributed by atoms with Crippen molar-refractivity contribution in [2.75, 3.05) is 13.2 Å². The predicted octanol–water partition coefficient (Wildman–Crippen LogP) is 5.14. The second kappa shape index (κ2) is 8.86. The summed E-state index contributed by atoms with van der Waals surface area (Å²) in [6.45, 7) is 6.52. The van der Waals surface area contributed by atoms with Gasteiger partial charge in [0.05, 0.1) is 6.10 Å². The van der Waals surface area contributed by atoms with Crippen LogP contribution in [0.2, 0.25) is 0 Å². The maximum Gasteiger partial charge on any atom is 0.118 e. The molecule has 0 saturated heterocycles. The molecule has 166 valence electrons. The van der Waals surface area contributed by atoms with Crippen molar-refractivity contribution < 1.29 is 9.94 Å². The number of rotatable bonds is 7. The SMILES string of the molecule is C[C@]12CCC(O)CC1CC[C@@H]1[C@H]2CC[C@]2(C)C(CC/C=N/OCCCN)CC[C@@H]12. The molecule has 4 aliphatic carbocycles. The van der Waals surface area contributed by atoms with E-state index in [0.29, 0.717) is 24.0 Å². The molecule has 4 aliphatic rings. The highest BCUT2D eigenvalue weighted by molar-refractivity contribution is 5.56. The first-order valence-electron chi connectivity index (χ1n) is 12.5. The van der Waals surface area contributed by atoms with E-state index in [2.05, 4.69) is 19.0 Å². The minimum atomic E-state index is -0.0321. The summed E-state index contributed by atoms with van der Waals surface area (Å²) in [5.41, 5.74) is 6.51. The molecule has 3 N–H and O–H groups in total. The maximum absolute atomic E-state index is 10.2. The summed E-state index contributed by atoms with van der Waals surface area (Å²) in [5.74, 6) is 4.38. The smallest absolute Gasteiger partial charge is 0.118 e. The van der Waals surface area contributed by atoms with Gasteiger partial charge in [0, 0.05) is 6.21 Å². The molecule has 29 heavy (non-hydrogen) atoms. The van der Waals surface area contributed by atoms with Gasteiger partial charge in [-0.25, -0.2) is 0 Å². The van der Waals surface area contributed by atoms with E-state index in [9.17, 15) is 5.11 Å². The van der Waals surface area contributed by atoms with Crippen molar-refractivity contribution >= 4 is 6.21 Å². The lowest BCUT2D eigenvalue weighted by Crippen LogP contribution is -2.53. The van der Waals surface area contributed by atoms with Crippen LogP contribution < -0.4 is 5.73 Å². The van der Waals surface area contributed by atoms with E-state index in [0.717, 1.165) is 55.3 Å². The van der Waals surface area contributed by atoms with E-state index in [4.69, 9.17) is 10.6 Å². The summed E-state index contributed by atoms with van der Waals surface area (Å²) in [6.07, 6.45) is 17.0. The monoisotopic (exact) mass is 404 g/mol. The first-order valence-corrected chi connectivity index (χ1v) is 12.5. The highest BCUT2D eigenvalue weighted by atomic mass is 16.6. The average Bonchev–Trinajstić information content (AvgIpc) is 3.04. The Labute approximate surface area is 178 Å². The van der Waals surface area contributed by atoms with Gasteiger partial charge in [-0.15, -0.1) is 0 Å². The molecule has 0 bridgehead atoms. The fourth-order valence-electron chi connectivity index (χ4n) is 8.40. The number of nitrogens with zero attached hydrogens (tertiary/aromatic N) is 1. The van der Waals surface area contributed by atoms with Gasteiger partial charge in [-0.3, -0.25) is 0 Å². The maximum atomic E-state index is 10.2. The molecular formula is C25H44N2O2. The van der Waals surface area contributed by atoms with Crippen molar-refractivity contribution in [3.8, 4) is 0 Å². The van der Waals surface area contributed by atoms with Crippen molar-refractivity contribution in [3.05, 3.63) is 0 Å². The van der Waals surface area contributed by atoms with Gasteiger partial charge in [-0.1, -0.05) is 19.0 Å². The molecule has 0 aromatic heterocycles. The van der Waals surface area contributed by atoms with Gasteiger partial charge < -0.3 is 15.7 Å². The summed E-state index contributed by atoms with van der Waals surface area (Å²) >= 11 is 0. The van der Waals surface area contributed by atoms with Gasteiger partial charge in [-0.2, -0.15) is 0 Å². The first kappa shape index (κ1) is 21.6.